The zero-order chi connectivity index (χ0) is 29.7. The number of aromatic nitrogens is 1. The summed E-state index contributed by atoms with van der Waals surface area (Å²) in [4.78, 5) is 18.4. The van der Waals surface area contributed by atoms with Crippen molar-refractivity contribution in [2.75, 3.05) is 20.2 Å². The first-order valence-corrected chi connectivity index (χ1v) is 15.9. The molecule has 7 heteroatoms. The highest BCUT2D eigenvalue weighted by Crippen LogP contribution is 2.52. The molecule has 0 bridgehead atoms. The fraction of sp³-hybridized carbons (Fsp3) is 0.500. The number of hydrogen-bond donors (Lipinski definition) is 0. The molecule has 0 radical (unpaired) electrons. The van der Waals surface area contributed by atoms with Gasteiger partial charge in [0.15, 0.2) is 0 Å². The number of carbonyl (C=O) groups excluding carboxylic acids is 1. The minimum atomic E-state index is -0.995. The second-order valence-corrected chi connectivity index (χ2v) is 13.4. The number of carboxylic acid groups (broad SMARTS) is 1. The maximum atomic E-state index is 15.2. The van der Waals surface area contributed by atoms with E-state index in [0.29, 0.717) is 22.8 Å². The first-order chi connectivity index (χ1) is 20.8. The summed E-state index contributed by atoms with van der Waals surface area (Å²) in [6.07, 6.45) is 10.1. The Hall–Kier alpha value is -3.45. The highest BCUT2D eigenvalue weighted by molar-refractivity contribution is 5.70. The molecule has 2 aromatic carbocycles. The Bertz CT molecular complexity index is 1530. The van der Waals surface area contributed by atoms with Crippen LogP contribution in [0.25, 0.3) is 11.1 Å². The summed E-state index contributed by atoms with van der Waals surface area (Å²) < 4.78 is 27.2. The van der Waals surface area contributed by atoms with E-state index >= 15 is 4.39 Å². The smallest absolute Gasteiger partial charge is 0.213 e. The van der Waals surface area contributed by atoms with Crippen LogP contribution in [0.15, 0.2) is 48.7 Å². The van der Waals surface area contributed by atoms with Gasteiger partial charge in [0, 0.05) is 36.6 Å². The molecule has 226 valence electrons. The van der Waals surface area contributed by atoms with E-state index in [-0.39, 0.29) is 17.8 Å². The van der Waals surface area contributed by atoms with Crippen molar-refractivity contribution < 1.29 is 23.8 Å². The van der Waals surface area contributed by atoms with Crippen LogP contribution in [0, 0.1) is 23.1 Å². The zero-order valence-electron chi connectivity index (χ0n) is 25.1. The molecule has 2 aliphatic heterocycles. The lowest BCUT2D eigenvalue weighted by atomic mass is 9.82. The third kappa shape index (κ3) is 5.76. The second kappa shape index (κ2) is 11.2. The Morgan fingerprint density at radius 2 is 1.98 bits per heavy atom. The molecule has 3 heterocycles. The summed E-state index contributed by atoms with van der Waals surface area (Å²) in [5.74, 6) is -0.344. The van der Waals surface area contributed by atoms with Gasteiger partial charge in [-0.15, -0.1) is 0 Å². The number of ether oxygens (including phenoxy) is 2. The highest BCUT2D eigenvalue weighted by Gasteiger charge is 2.45. The lowest BCUT2D eigenvalue weighted by Gasteiger charge is -2.34. The summed E-state index contributed by atoms with van der Waals surface area (Å²) in [6.45, 7) is 4.67. The summed E-state index contributed by atoms with van der Waals surface area (Å²) in [7, 11) is 1.55. The fourth-order valence-electron chi connectivity index (χ4n) is 7.62. The van der Waals surface area contributed by atoms with Crippen LogP contribution in [0.2, 0.25) is 0 Å². The van der Waals surface area contributed by atoms with Gasteiger partial charge >= 0.3 is 0 Å². The van der Waals surface area contributed by atoms with Crippen LogP contribution in [-0.2, 0) is 17.8 Å². The van der Waals surface area contributed by atoms with Crippen LogP contribution in [0.4, 0.5) is 4.39 Å². The largest absolute Gasteiger partial charge is 0.550 e. The molecule has 3 fully saturated rings. The number of aryl methyl sites for hydroxylation is 1. The molecule has 0 amide bonds. The van der Waals surface area contributed by atoms with Gasteiger partial charge in [-0.2, -0.15) is 0 Å². The van der Waals surface area contributed by atoms with Crippen LogP contribution in [0.3, 0.4) is 0 Å². The molecule has 6 nitrogen and oxygen atoms in total. The van der Waals surface area contributed by atoms with Gasteiger partial charge in [-0.1, -0.05) is 37.3 Å². The number of benzene rings is 2. The molecule has 1 aromatic heterocycles. The van der Waals surface area contributed by atoms with E-state index in [4.69, 9.17) is 9.47 Å². The summed E-state index contributed by atoms with van der Waals surface area (Å²) >= 11 is 0. The Kier molecular flexibility index (Phi) is 7.40. The van der Waals surface area contributed by atoms with Crippen molar-refractivity contribution in [3.8, 4) is 22.8 Å². The predicted octanol–water partition coefficient (Wildman–Crippen LogP) is 6.22. The number of fused-ring (bicyclic) bond motifs is 1. The monoisotopic (exact) mass is 583 g/mol. The third-order valence-electron chi connectivity index (χ3n) is 10.4. The first-order valence-electron chi connectivity index (χ1n) is 15.9. The molecule has 4 aliphatic rings. The number of pyridine rings is 1. The quantitative estimate of drug-likeness (QED) is 0.298. The fourth-order valence-corrected chi connectivity index (χ4v) is 7.62. The van der Waals surface area contributed by atoms with Crippen molar-refractivity contribution >= 4 is 5.97 Å². The number of hydrogen-bond acceptors (Lipinski definition) is 6. The number of piperidine rings is 1. The summed E-state index contributed by atoms with van der Waals surface area (Å²) in [5, 5.41) is 11.8. The van der Waals surface area contributed by atoms with Crippen molar-refractivity contribution in [3.63, 3.8) is 0 Å². The van der Waals surface area contributed by atoms with E-state index in [2.05, 4.69) is 40.2 Å². The van der Waals surface area contributed by atoms with E-state index in [0.717, 1.165) is 78.9 Å². The molecule has 1 unspecified atom stereocenters. The maximum absolute atomic E-state index is 15.2. The number of halogens is 1. The van der Waals surface area contributed by atoms with Crippen molar-refractivity contribution in [2.24, 2.45) is 17.3 Å². The Labute approximate surface area is 253 Å². The van der Waals surface area contributed by atoms with E-state index in [9.17, 15) is 9.90 Å². The molecule has 7 rings (SSSR count). The molecule has 3 atom stereocenters. The topological polar surface area (TPSA) is 74.7 Å². The van der Waals surface area contributed by atoms with Crippen LogP contribution in [-0.4, -0.2) is 36.1 Å². The average molecular weight is 584 g/mol. The molecular weight excluding hydrogens is 543 g/mol. The van der Waals surface area contributed by atoms with E-state index in [1.807, 2.05) is 6.07 Å². The van der Waals surface area contributed by atoms with Gasteiger partial charge in [0.1, 0.15) is 17.7 Å². The lowest BCUT2D eigenvalue weighted by Crippen LogP contribution is -2.36. The van der Waals surface area contributed by atoms with Crippen molar-refractivity contribution in [3.05, 3.63) is 76.7 Å². The van der Waals surface area contributed by atoms with E-state index in [1.54, 1.807) is 20.1 Å². The van der Waals surface area contributed by atoms with Gasteiger partial charge in [-0.05, 0) is 109 Å². The third-order valence-corrected chi connectivity index (χ3v) is 10.4. The van der Waals surface area contributed by atoms with E-state index in [1.165, 1.54) is 31.9 Å². The zero-order valence-corrected chi connectivity index (χ0v) is 25.1. The van der Waals surface area contributed by atoms with Crippen LogP contribution < -0.4 is 14.6 Å². The molecule has 2 saturated carbocycles. The number of aliphatic carboxylic acids is 1. The SMILES string of the molecule is COc1cc(-c2ccc(C3CCc4ccc([C@H](C5CC5)[C@H](C)C(=O)[O-])cc4O3)cc2CN2CCCC3(CC3)C2)c(F)cn1. The summed E-state index contributed by atoms with van der Waals surface area (Å²) in [6, 6.07) is 14.2. The van der Waals surface area contributed by atoms with Crippen LogP contribution in [0.1, 0.15) is 86.1 Å². The Morgan fingerprint density at radius 1 is 1.14 bits per heavy atom. The van der Waals surface area contributed by atoms with Crippen LogP contribution >= 0.6 is 0 Å². The lowest BCUT2D eigenvalue weighted by molar-refractivity contribution is -0.311. The molecule has 43 heavy (non-hydrogen) atoms. The van der Waals surface area contributed by atoms with Crippen molar-refractivity contribution in [2.45, 2.75) is 76.9 Å². The Morgan fingerprint density at radius 3 is 2.72 bits per heavy atom. The van der Waals surface area contributed by atoms with Gasteiger partial charge < -0.3 is 19.4 Å². The molecule has 3 aromatic rings. The first kappa shape index (κ1) is 28.3. The molecule has 0 N–H and O–H groups in total. The molecule has 2 aliphatic carbocycles. The minimum absolute atomic E-state index is 0.0586. The van der Waals surface area contributed by atoms with Crippen molar-refractivity contribution in [1.29, 1.82) is 0 Å². The number of rotatable bonds is 9. The highest BCUT2D eigenvalue weighted by atomic mass is 19.1. The van der Waals surface area contributed by atoms with Gasteiger partial charge in [-0.25, -0.2) is 9.37 Å². The standard InChI is InChI=1S/C36H41FN2O4/c1-22(35(40)41)34(24-5-6-24)26-7-4-23-9-11-31(43-32(23)17-26)25-8-10-28(29-18-33(42-2)38-19-30(29)37)27(16-25)20-39-15-3-12-36(21-39)13-14-36/h4,7-8,10,16-19,22,24,31,34H,3,5-6,9,11-15,20-21H2,1-2H3,(H,40,41)/p-1/t22-,31?,34-/m0/s1. The normalized spacial score (nSPS) is 22.3. The molecule has 1 saturated heterocycles. The number of carboxylic acids is 1. The Balaban J connectivity index is 1.20. The molecule has 1 spiro atoms. The predicted molar refractivity (Wildman–Crippen MR) is 160 cm³/mol. The average Bonchev–Trinajstić information content (AvgIpc) is 3.96. The van der Waals surface area contributed by atoms with E-state index < -0.39 is 11.9 Å². The maximum Gasteiger partial charge on any atom is 0.213 e. The van der Waals surface area contributed by atoms with Gasteiger partial charge in [0.2, 0.25) is 5.88 Å². The van der Waals surface area contributed by atoms with Crippen molar-refractivity contribution in [1.82, 2.24) is 9.88 Å². The van der Waals surface area contributed by atoms with Crippen LogP contribution in [0.5, 0.6) is 11.6 Å². The summed E-state index contributed by atoms with van der Waals surface area (Å²) in [5.41, 5.74) is 6.19. The van der Waals surface area contributed by atoms with Gasteiger partial charge in [0.05, 0.1) is 13.3 Å². The number of methoxy groups -OCH3 is 1. The minimum Gasteiger partial charge on any atom is -0.550 e. The molecular formula is C36H40FN2O4-. The number of likely N-dealkylation sites (tertiary alicyclic amines) is 1. The number of nitrogens with zero attached hydrogens (tertiary/aromatic N) is 2. The number of carbonyl (C=O) groups is 1. The van der Waals surface area contributed by atoms with Gasteiger partial charge in [-0.3, -0.25) is 4.90 Å². The van der Waals surface area contributed by atoms with Gasteiger partial charge in [0.25, 0.3) is 0 Å². The second-order valence-electron chi connectivity index (χ2n) is 13.4.